The molecular weight excluding hydrogens is 260 g/mol. The van der Waals surface area contributed by atoms with Crippen molar-refractivity contribution in [2.75, 3.05) is 0 Å². The number of carbonyl (C=O) groups is 1. The summed E-state index contributed by atoms with van der Waals surface area (Å²) in [6, 6.07) is 20.7. The van der Waals surface area contributed by atoms with Crippen LogP contribution in [0.25, 0.3) is 16.8 Å². The summed E-state index contributed by atoms with van der Waals surface area (Å²) in [5.74, 6) is 0.206. The maximum Gasteiger partial charge on any atom is 0.343 e. The maximum absolute atomic E-state index is 12.3. The fraction of sp³-hybridized carbons (Fsp3) is 0. The maximum atomic E-state index is 12.3. The van der Waals surface area contributed by atoms with E-state index in [4.69, 9.17) is 4.74 Å². The van der Waals surface area contributed by atoms with Gasteiger partial charge in [0, 0.05) is 5.39 Å². The molecule has 3 rings (SSSR count). The Hall–Kier alpha value is -2.87. The molecule has 0 aliphatic heterocycles. The molecule has 0 saturated heterocycles. The van der Waals surface area contributed by atoms with E-state index < -0.39 is 0 Å². The van der Waals surface area contributed by atoms with Gasteiger partial charge >= 0.3 is 5.97 Å². The third-order valence-electron chi connectivity index (χ3n) is 3.31. The van der Waals surface area contributed by atoms with Gasteiger partial charge in [-0.05, 0) is 29.1 Å². The Morgan fingerprint density at radius 1 is 0.952 bits per heavy atom. The first kappa shape index (κ1) is 13.1. The van der Waals surface area contributed by atoms with E-state index in [-0.39, 0.29) is 5.97 Å². The molecule has 0 aromatic heterocycles. The van der Waals surface area contributed by atoms with Crippen LogP contribution in [0.15, 0.2) is 73.3 Å². The quantitative estimate of drug-likeness (QED) is 0.511. The SMILES string of the molecule is C=Cc1cccc(C(=O)Oc2cccc3ccccc23)c1. The van der Waals surface area contributed by atoms with Gasteiger partial charge in [-0.25, -0.2) is 4.79 Å². The van der Waals surface area contributed by atoms with Crippen LogP contribution in [0, 0.1) is 0 Å². The Bertz CT molecular complexity index is 813. The lowest BCUT2D eigenvalue weighted by Crippen LogP contribution is -2.08. The Morgan fingerprint density at radius 3 is 2.57 bits per heavy atom. The molecular formula is C19H14O2. The average Bonchev–Trinajstić information content (AvgIpc) is 2.55. The topological polar surface area (TPSA) is 26.3 Å². The summed E-state index contributed by atoms with van der Waals surface area (Å²) in [5, 5.41) is 1.97. The predicted molar refractivity (Wildman–Crippen MR) is 85.4 cm³/mol. The standard InChI is InChI=1S/C19H14O2/c1-2-14-7-5-10-16(13-14)19(20)21-18-12-6-9-15-8-3-4-11-17(15)18/h2-13H,1H2. The molecule has 3 aromatic carbocycles. The van der Waals surface area contributed by atoms with Crippen molar-refractivity contribution in [2.24, 2.45) is 0 Å². The fourth-order valence-corrected chi connectivity index (χ4v) is 2.24. The van der Waals surface area contributed by atoms with Crippen LogP contribution in [0.5, 0.6) is 5.75 Å². The molecule has 21 heavy (non-hydrogen) atoms. The Morgan fingerprint density at radius 2 is 1.71 bits per heavy atom. The summed E-state index contributed by atoms with van der Waals surface area (Å²) in [5.41, 5.74) is 1.41. The van der Waals surface area contributed by atoms with Crippen molar-refractivity contribution in [3.63, 3.8) is 0 Å². The molecule has 0 atom stereocenters. The molecule has 0 spiro atoms. The molecule has 3 aromatic rings. The van der Waals surface area contributed by atoms with Crippen LogP contribution in [0.2, 0.25) is 0 Å². The van der Waals surface area contributed by atoms with Gasteiger partial charge in [0.15, 0.2) is 0 Å². The van der Waals surface area contributed by atoms with Crippen molar-refractivity contribution < 1.29 is 9.53 Å². The van der Waals surface area contributed by atoms with Crippen LogP contribution in [0.1, 0.15) is 15.9 Å². The highest BCUT2D eigenvalue weighted by Crippen LogP contribution is 2.26. The molecule has 2 nitrogen and oxygen atoms in total. The van der Waals surface area contributed by atoms with Crippen LogP contribution in [-0.2, 0) is 0 Å². The van der Waals surface area contributed by atoms with Gasteiger partial charge in [-0.1, -0.05) is 61.2 Å². The monoisotopic (exact) mass is 274 g/mol. The smallest absolute Gasteiger partial charge is 0.343 e. The van der Waals surface area contributed by atoms with Crippen molar-refractivity contribution in [3.8, 4) is 5.75 Å². The van der Waals surface area contributed by atoms with Gasteiger partial charge in [0.05, 0.1) is 5.56 Å². The van der Waals surface area contributed by atoms with E-state index in [0.29, 0.717) is 11.3 Å². The lowest BCUT2D eigenvalue weighted by atomic mass is 10.1. The highest BCUT2D eigenvalue weighted by molar-refractivity contribution is 5.95. The lowest BCUT2D eigenvalue weighted by Gasteiger charge is -2.08. The van der Waals surface area contributed by atoms with Crippen LogP contribution in [0.4, 0.5) is 0 Å². The molecule has 0 amide bonds. The van der Waals surface area contributed by atoms with Gasteiger partial charge in [0.2, 0.25) is 0 Å². The molecule has 0 fully saturated rings. The van der Waals surface area contributed by atoms with Crippen molar-refractivity contribution in [3.05, 3.63) is 84.4 Å². The molecule has 0 unspecified atom stereocenters. The summed E-state index contributed by atoms with van der Waals surface area (Å²) >= 11 is 0. The van der Waals surface area contributed by atoms with E-state index in [1.54, 1.807) is 24.3 Å². The van der Waals surface area contributed by atoms with E-state index in [0.717, 1.165) is 16.3 Å². The zero-order valence-corrected chi connectivity index (χ0v) is 11.5. The number of hydrogen-bond donors (Lipinski definition) is 0. The van der Waals surface area contributed by atoms with Crippen LogP contribution in [-0.4, -0.2) is 5.97 Å². The Labute approximate surface area is 123 Å². The molecule has 2 heteroatoms. The van der Waals surface area contributed by atoms with E-state index in [1.165, 1.54) is 0 Å². The second kappa shape index (κ2) is 5.63. The summed E-state index contributed by atoms with van der Waals surface area (Å²) in [6.07, 6.45) is 1.70. The number of benzene rings is 3. The number of fused-ring (bicyclic) bond motifs is 1. The third-order valence-corrected chi connectivity index (χ3v) is 3.31. The highest BCUT2D eigenvalue weighted by Gasteiger charge is 2.10. The molecule has 0 heterocycles. The zero-order valence-electron chi connectivity index (χ0n) is 11.5. The van der Waals surface area contributed by atoms with Crippen LogP contribution < -0.4 is 4.74 Å². The number of esters is 1. The third kappa shape index (κ3) is 2.70. The molecule has 0 bridgehead atoms. The van der Waals surface area contributed by atoms with E-state index >= 15 is 0 Å². The first-order valence-corrected chi connectivity index (χ1v) is 6.70. The Balaban J connectivity index is 1.94. The van der Waals surface area contributed by atoms with Gasteiger partial charge in [-0.3, -0.25) is 0 Å². The molecule has 0 saturated carbocycles. The predicted octanol–water partition coefficient (Wildman–Crippen LogP) is 4.70. The van der Waals surface area contributed by atoms with Crippen molar-refractivity contribution in [1.82, 2.24) is 0 Å². The average molecular weight is 274 g/mol. The number of ether oxygens (including phenoxy) is 1. The minimum atomic E-state index is -0.366. The molecule has 102 valence electrons. The van der Waals surface area contributed by atoms with Gasteiger partial charge in [-0.2, -0.15) is 0 Å². The van der Waals surface area contributed by atoms with Crippen molar-refractivity contribution >= 4 is 22.8 Å². The molecule has 0 radical (unpaired) electrons. The lowest BCUT2D eigenvalue weighted by molar-refractivity contribution is 0.0737. The van der Waals surface area contributed by atoms with Crippen molar-refractivity contribution in [1.29, 1.82) is 0 Å². The van der Waals surface area contributed by atoms with Gasteiger partial charge in [0.1, 0.15) is 5.75 Å². The minimum absolute atomic E-state index is 0.366. The second-order valence-corrected chi connectivity index (χ2v) is 4.70. The fourth-order valence-electron chi connectivity index (χ4n) is 2.24. The normalized spacial score (nSPS) is 10.3. The van der Waals surface area contributed by atoms with E-state index in [9.17, 15) is 4.79 Å². The van der Waals surface area contributed by atoms with E-state index in [2.05, 4.69) is 6.58 Å². The van der Waals surface area contributed by atoms with Crippen LogP contribution in [0.3, 0.4) is 0 Å². The zero-order chi connectivity index (χ0) is 14.7. The summed E-state index contributed by atoms with van der Waals surface area (Å²) in [6.45, 7) is 3.70. The van der Waals surface area contributed by atoms with Gasteiger partial charge < -0.3 is 4.74 Å². The second-order valence-electron chi connectivity index (χ2n) is 4.70. The first-order valence-electron chi connectivity index (χ1n) is 6.70. The Kier molecular flexibility index (Phi) is 3.52. The summed E-state index contributed by atoms with van der Waals surface area (Å²) in [7, 11) is 0. The van der Waals surface area contributed by atoms with Crippen molar-refractivity contribution in [2.45, 2.75) is 0 Å². The summed E-state index contributed by atoms with van der Waals surface area (Å²) in [4.78, 5) is 12.3. The number of rotatable bonds is 3. The summed E-state index contributed by atoms with van der Waals surface area (Å²) < 4.78 is 5.54. The number of hydrogen-bond acceptors (Lipinski definition) is 2. The molecule has 0 aliphatic carbocycles. The molecule has 0 aliphatic rings. The van der Waals surface area contributed by atoms with Crippen LogP contribution >= 0.6 is 0 Å². The highest BCUT2D eigenvalue weighted by atomic mass is 16.5. The van der Waals surface area contributed by atoms with Gasteiger partial charge in [0.25, 0.3) is 0 Å². The first-order chi connectivity index (χ1) is 10.3. The minimum Gasteiger partial charge on any atom is -0.422 e. The molecule has 0 N–H and O–H groups in total. The number of carbonyl (C=O) groups excluding carboxylic acids is 1. The largest absolute Gasteiger partial charge is 0.422 e. The van der Waals surface area contributed by atoms with Gasteiger partial charge in [-0.15, -0.1) is 0 Å². The van der Waals surface area contributed by atoms with E-state index in [1.807, 2.05) is 48.5 Å².